The molecular weight excluding hydrogens is 255 g/mol. The SMILES string of the molecule is [NH-]c1ccccc1Br.[Y]. The fourth-order valence-corrected chi connectivity index (χ4v) is 0.746. The molecule has 1 aromatic carbocycles. The van der Waals surface area contributed by atoms with Gasteiger partial charge in [-0.2, -0.15) is 0 Å². The monoisotopic (exact) mass is 259 g/mol. The van der Waals surface area contributed by atoms with E-state index in [2.05, 4.69) is 15.9 Å². The Morgan fingerprint density at radius 2 is 1.78 bits per heavy atom. The van der Waals surface area contributed by atoms with E-state index < -0.39 is 0 Å². The van der Waals surface area contributed by atoms with Crippen LogP contribution >= 0.6 is 15.9 Å². The van der Waals surface area contributed by atoms with Gasteiger partial charge in [0.15, 0.2) is 0 Å². The summed E-state index contributed by atoms with van der Waals surface area (Å²) in [5.74, 6) is 0. The van der Waals surface area contributed by atoms with Crippen molar-refractivity contribution in [1.82, 2.24) is 0 Å². The first kappa shape index (κ1) is 9.60. The third kappa shape index (κ3) is 2.79. The minimum Gasteiger partial charge on any atom is -0.698 e. The van der Waals surface area contributed by atoms with Crippen molar-refractivity contribution in [1.29, 1.82) is 0 Å². The molecule has 0 aromatic heterocycles. The van der Waals surface area contributed by atoms with Crippen molar-refractivity contribution in [3.63, 3.8) is 0 Å². The van der Waals surface area contributed by atoms with Gasteiger partial charge in [0.25, 0.3) is 0 Å². The topological polar surface area (TPSA) is 23.8 Å². The van der Waals surface area contributed by atoms with Crippen molar-refractivity contribution < 1.29 is 32.7 Å². The second kappa shape index (κ2) is 4.42. The Morgan fingerprint density at radius 3 is 2.11 bits per heavy atom. The predicted octanol–water partition coefficient (Wildman–Crippen LogP) is 3.13. The van der Waals surface area contributed by atoms with Crippen LogP contribution in [-0.2, 0) is 32.7 Å². The van der Waals surface area contributed by atoms with Crippen LogP contribution in [0.4, 0.5) is 5.69 Å². The fraction of sp³-hybridized carbons (Fsp3) is 0. The molecule has 1 N–H and O–H groups in total. The van der Waals surface area contributed by atoms with Gasteiger partial charge in [-0.05, 0) is 6.07 Å². The molecule has 1 aromatic rings. The quantitative estimate of drug-likeness (QED) is 0.684. The Kier molecular flexibility index (Phi) is 4.72. The van der Waals surface area contributed by atoms with Crippen LogP contribution < -0.4 is 0 Å². The van der Waals surface area contributed by atoms with Gasteiger partial charge in [-0.25, -0.2) is 0 Å². The van der Waals surface area contributed by atoms with E-state index in [4.69, 9.17) is 5.73 Å². The average molecular weight is 260 g/mol. The molecule has 0 atom stereocenters. The summed E-state index contributed by atoms with van der Waals surface area (Å²) in [5.41, 5.74) is 7.71. The second-order valence-corrected chi connectivity index (χ2v) is 2.33. The Balaban J connectivity index is 0.000000640. The van der Waals surface area contributed by atoms with Gasteiger partial charge in [-0.15, -0.1) is 5.69 Å². The normalized spacial score (nSPS) is 8.11. The first-order chi connectivity index (χ1) is 3.80. The molecular formula is C6H5BrNY-. The average Bonchev–Trinajstić information content (AvgIpc) is 1.77. The standard InChI is InChI=1S/C6H5BrN.Y/c7-5-3-1-2-4-6(5)8;/h1-4,8H;/q-1;. The molecule has 3 heteroatoms. The van der Waals surface area contributed by atoms with E-state index in [1.165, 1.54) is 0 Å². The number of hydrogen-bond acceptors (Lipinski definition) is 0. The summed E-state index contributed by atoms with van der Waals surface area (Å²) in [7, 11) is 0. The smallest absolute Gasteiger partial charge is 0.00237 e. The summed E-state index contributed by atoms with van der Waals surface area (Å²) in [6.45, 7) is 0. The molecule has 0 bridgehead atoms. The minimum absolute atomic E-state index is 0. The Hall–Kier alpha value is 0.604. The van der Waals surface area contributed by atoms with Crippen molar-refractivity contribution in [2.75, 3.05) is 0 Å². The van der Waals surface area contributed by atoms with Gasteiger partial charge in [-0.3, -0.25) is 0 Å². The molecule has 0 aliphatic rings. The molecule has 0 fully saturated rings. The summed E-state index contributed by atoms with van der Waals surface area (Å²) in [6.07, 6.45) is 0. The van der Waals surface area contributed by atoms with Crippen LogP contribution in [0.2, 0.25) is 0 Å². The first-order valence-corrected chi connectivity index (χ1v) is 3.06. The van der Waals surface area contributed by atoms with Crippen LogP contribution in [0, 0.1) is 0 Å². The van der Waals surface area contributed by atoms with Gasteiger partial charge < -0.3 is 5.73 Å². The van der Waals surface area contributed by atoms with E-state index >= 15 is 0 Å². The van der Waals surface area contributed by atoms with E-state index in [9.17, 15) is 0 Å². The predicted molar refractivity (Wildman–Crippen MR) is 38.1 cm³/mol. The van der Waals surface area contributed by atoms with Crippen LogP contribution in [-0.4, -0.2) is 0 Å². The van der Waals surface area contributed by atoms with Crippen LogP contribution in [0.1, 0.15) is 0 Å². The Morgan fingerprint density at radius 1 is 1.22 bits per heavy atom. The minimum atomic E-state index is 0. The van der Waals surface area contributed by atoms with Gasteiger partial charge in [0.05, 0.1) is 0 Å². The zero-order valence-corrected chi connectivity index (χ0v) is 9.19. The third-order valence-corrected chi connectivity index (χ3v) is 1.57. The van der Waals surface area contributed by atoms with Crippen LogP contribution in [0.5, 0.6) is 0 Å². The van der Waals surface area contributed by atoms with E-state index in [0.717, 1.165) is 4.47 Å². The third-order valence-electron chi connectivity index (χ3n) is 0.874. The molecule has 1 rings (SSSR count). The molecule has 1 nitrogen and oxygen atoms in total. The van der Waals surface area contributed by atoms with Crippen molar-refractivity contribution >= 4 is 21.6 Å². The van der Waals surface area contributed by atoms with Crippen molar-refractivity contribution in [3.8, 4) is 0 Å². The van der Waals surface area contributed by atoms with Gasteiger partial charge in [0, 0.05) is 37.2 Å². The van der Waals surface area contributed by atoms with Crippen LogP contribution in [0.25, 0.3) is 5.73 Å². The van der Waals surface area contributed by atoms with Gasteiger partial charge in [0.2, 0.25) is 0 Å². The largest absolute Gasteiger partial charge is 0.698 e. The summed E-state index contributed by atoms with van der Waals surface area (Å²) in [4.78, 5) is 0. The van der Waals surface area contributed by atoms with Crippen LogP contribution in [0.15, 0.2) is 28.7 Å². The molecule has 1 radical (unpaired) electrons. The fourth-order valence-electron chi connectivity index (χ4n) is 0.461. The number of hydrogen-bond donors (Lipinski definition) is 0. The summed E-state index contributed by atoms with van der Waals surface area (Å²) in [5, 5.41) is 0. The molecule has 0 spiro atoms. The maximum Gasteiger partial charge on any atom is 0.00237 e. The molecule has 0 heterocycles. The van der Waals surface area contributed by atoms with Crippen molar-refractivity contribution in [2.45, 2.75) is 0 Å². The van der Waals surface area contributed by atoms with Crippen molar-refractivity contribution in [2.24, 2.45) is 0 Å². The molecule has 0 aliphatic carbocycles. The zero-order chi connectivity index (χ0) is 5.98. The number of halogens is 1. The molecule has 0 unspecified atom stereocenters. The van der Waals surface area contributed by atoms with E-state index in [-0.39, 0.29) is 32.7 Å². The molecule has 45 valence electrons. The maximum absolute atomic E-state index is 7.17. The zero-order valence-electron chi connectivity index (χ0n) is 4.76. The molecule has 0 aliphatic heterocycles. The molecule has 0 saturated heterocycles. The van der Waals surface area contributed by atoms with Crippen LogP contribution in [0.3, 0.4) is 0 Å². The Bertz CT molecular complexity index is 169. The Labute approximate surface area is 88.0 Å². The van der Waals surface area contributed by atoms with E-state index in [0.29, 0.717) is 5.69 Å². The summed E-state index contributed by atoms with van der Waals surface area (Å²) >= 11 is 3.21. The molecule has 0 saturated carbocycles. The van der Waals surface area contributed by atoms with Crippen molar-refractivity contribution in [3.05, 3.63) is 34.5 Å². The maximum atomic E-state index is 7.17. The number of benzene rings is 1. The summed E-state index contributed by atoms with van der Waals surface area (Å²) < 4.78 is 0.847. The second-order valence-electron chi connectivity index (χ2n) is 1.48. The molecule has 0 amide bonds. The molecule has 9 heavy (non-hydrogen) atoms. The first-order valence-electron chi connectivity index (χ1n) is 2.27. The number of rotatable bonds is 0. The summed E-state index contributed by atoms with van der Waals surface area (Å²) in [6, 6.07) is 7.32. The number of nitrogens with one attached hydrogen (secondary N) is 1. The van der Waals surface area contributed by atoms with E-state index in [1.54, 1.807) is 6.07 Å². The van der Waals surface area contributed by atoms with Gasteiger partial charge >= 0.3 is 0 Å². The van der Waals surface area contributed by atoms with Gasteiger partial charge in [-0.1, -0.05) is 34.1 Å². The van der Waals surface area contributed by atoms with Gasteiger partial charge in [0.1, 0.15) is 0 Å². The van der Waals surface area contributed by atoms with E-state index in [1.807, 2.05) is 18.2 Å².